The van der Waals surface area contributed by atoms with Gasteiger partial charge in [-0.1, -0.05) is 18.2 Å². The molecule has 2 aromatic heterocycles. The summed E-state index contributed by atoms with van der Waals surface area (Å²) in [6, 6.07) is 10.6. The van der Waals surface area contributed by atoms with Crippen LogP contribution in [0.4, 0.5) is 0 Å². The Labute approximate surface area is 140 Å². The molecule has 0 saturated heterocycles. The third-order valence-corrected chi connectivity index (χ3v) is 4.82. The number of imidazole rings is 1. The van der Waals surface area contributed by atoms with Gasteiger partial charge in [0.2, 0.25) is 0 Å². The van der Waals surface area contributed by atoms with Crippen LogP contribution in [0.5, 0.6) is 5.75 Å². The summed E-state index contributed by atoms with van der Waals surface area (Å²) in [5.74, 6) is 1.92. The van der Waals surface area contributed by atoms with Crippen LogP contribution in [-0.2, 0) is 19.5 Å². The molecule has 0 spiro atoms. The second-order valence-corrected chi connectivity index (χ2v) is 6.36. The number of hydrogen-bond donors (Lipinski definition) is 1. The summed E-state index contributed by atoms with van der Waals surface area (Å²) < 4.78 is 10.2. The predicted molar refractivity (Wildman–Crippen MR) is 89.8 cm³/mol. The van der Waals surface area contributed by atoms with Gasteiger partial charge in [0, 0.05) is 31.9 Å². The Morgan fingerprint density at radius 2 is 2.21 bits per heavy atom. The van der Waals surface area contributed by atoms with E-state index in [1.54, 1.807) is 0 Å². The third-order valence-electron chi connectivity index (χ3n) is 4.82. The van der Waals surface area contributed by atoms with Gasteiger partial charge in [-0.05, 0) is 17.7 Å². The van der Waals surface area contributed by atoms with Crippen LogP contribution in [0.15, 0.2) is 42.7 Å². The van der Waals surface area contributed by atoms with Gasteiger partial charge in [0.05, 0.1) is 18.3 Å². The summed E-state index contributed by atoms with van der Waals surface area (Å²) in [4.78, 5) is 4.57. The van der Waals surface area contributed by atoms with Crippen molar-refractivity contribution in [2.75, 3.05) is 13.2 Å². The maximum absolute atomic E-state index is 5.95. The fraction of sp³-hybridized carbons (Fsp3) is 0.333. The van der Waals surface area contributed by atoms with Gasteiger partial charge < -0.3 is 14.6 Å². The van der Waals surface area contributed by atoms with Gasteiger partial charge >= 0.3 is 0 Å². The highest BCUT2D eigenvalue weighted by Crippen LogP contribution is 2.31. The second kappa shape index (κ2) is 5.49. The molecule has 3 aromatic rings. The molecule has 1 atom stereocenters. The lowest BCUT2D eigenvalue weighted by atomic mass is 10.0. The fourth-order valence-electron chi connectivity index (χ4n) is 3.60. The minimum absolute atomic E-state index is 0.245. The molecule has 122 valence electrons. The van der Waals surface area contributed by atoms with E-state index in [2.05, 4.69) is 37.7 Å². The van der Waals surface area contributed by atoms with Crippen molar-refractivity contribution in [3.63, 3.8) is 0 Å². The van der Waals surface area contributed by atoms with Crippen LogP contribution in [0.3, 0.4) is 0 Å². The van der Waals surface area contributed by atoms with E-state index in [4.69, 9.17) is 9.84 Å². The Hall–Kier alpha value is -2.60. The molecular formula is C18H19N5O. The third kappa shape index (κ3) is 2.22. The lowest BCUT2D eigenvalue weighted by Crippen LogP contribution is -2.28. The van der Waals surface area contributed by atoms with Crippen molar-refractivity contribution in [3.05, 3.63) is 54.0 Å². The van der Waals surface area contributed by atoms with Gasteiger partial charge in [0.15, 0.2) is 5.82 Å². The quantitative estimate of drug-likeness (QED) is 0.785. The van der Waals surface area contributed by atoms with Crippen LogP contribution in [0.25, 0.3) is 11.5 Å². The molecule has 2 aliphatic heterocycles. The number of para-hydroxylation sites is 1. The van der Waals surface area contributed by atoms with Gasteiger partial charge in [0.1, 0.15) is 18.1 Å². The molecule has 0 fully saturated rings. The average molecular weight is 321 g/mol. The van der Waals surface area contributed by atoms with Crippen molar-refractivity contribution in [2.24, 2.45) is 0 Å². The Bertz CT molecular complexity index is 858. The number of ether oxygens (including phenoxy) is 1. The van der Waals surface area contributed by atoms with Crippen molar-refractivity contribution in [1.29, 1.82) is 0 Å². The summed E-state index contributed by atoms with van der Waals surface area (Å²) >= 11 is 0. The first-order valence-electron chi connectivity index (χ1n) is 8.40. The number of nitrogens with one attached hydrogen (secondary N) is 1. The zero-order chi connectivity index (χ0) is 15.9. The number of aromatic nitrogens is 4. The van der Waals surface area contributed by atoms with E-state index in [0.29, 0.717) is 6.61 Å². The highest BCUT2D eigenvalue weighted by Gasteiger charge is 2.24. The lowest BCUT2D eigenvalue weighted by Gasteiger charge is -2.27. The highest BCUT2D eigenvalue weighted by atomic mass is 16.5. The number of fused-ring (bicyclic) bond motifs is 2. The van der Waals surface area contributed by atoms with Gasteiger partial charge in [-0.15, -0.1) is 0 Å². The second-order valence-electron chi connectivity index (χ2n) is 6.36. The van der Waals surface area contributed by atoms with Crippen molar-refractivity contribution < 1.29 is 4.74 Å². The van der Waals surface area contributed by atoms with E-state index in [1.807, 2.05) is 24.5 Å². The average Bonchev–Trinajstić information content (AvgIpc) is 3.27. The minimum atomic E-state index is 0.245. The molecule has 2 aliphatic rings. The van der Waals surface area contributed by atoms with E-state index in [0.717, 1.165) is 43.3 Å². The smallest absolute Gasteiger partial charge is 0.160 e. The van der Waals surface area contributed by atoms with E-state index >= 15 is 0 Å². The van der Waals surface area contributed by atoms with Crippen LogP contribution < -0.4 is 10.1 Å². The number of benzene rings is 1. The number of nitrogens with zero attached hydrogens (tertiary/aromatic N) is 4. The predicted octanol–water partition coefficient (Wildman–Crippen LogP) is 2.03. The van der Waals surface area contributed by atoms with E-state index in [1.165, 1.54) is 11.3 Å². The molecule has 0 saturated carbocycles. The maximum atomic E-state index is 5.95. The topological polar surface area (TPSA) is 56.9 Å². The van der Waals surface area contributed by atoms with Crippen LogP contribution >= 0.6 is 0 Å². The molecule has 4 heterocycles. The Morgan fingerprint density at radius 1 is 1.25 bits per heavy atom. The molecular weight excluding hydrogens is 302 g/mol. The van der Waals surface area contributed by atoms with Gasteiger partial charge in [-0.25, -0.2) is 4.98 Å². The normalized spacial score (nSPS) is 19.4. The summed E-state index contributed by atoms with van der Waals surface area (Å²) in [6.45, 7) is 3.41. The van der Waals surface area contributed by atoms with E-state index in [-0.39, 0.29) is 6.04 Å². The molecule has 1 aromatic carbocycles. The SMILES string of the molecule is c1ccc2c(c1)CC(n1ccnc1-c1cc3n(n1)CCNC3)CO2. The molecule has 1 N–H and O–H groups in total. The van der Waals surface area contributed by atoms with Crippen LogP contribution in [0.2, 0.25) is 0 Å². The molecule has 5 rings (SSSR count). The molecule has 0 aliphatic carbocycles. The maximum Gasteiger partial charge on any atom is 0.160 e. The van der Waals surface area contributed by atoms with Crippen LogP contribution in [0.1, 0.15) is 17.3 Å². The first kappa shape index (κ1) is 13.8. The Balaban J connectivity index is 1.49. The zero-order valence-electron chi connectivity index (χ0n) is 13.4. The van der Waals surface area contributed by atoms with E-state index in [9.17, 15) is 0 Å². The minimum Gasteiger partial charge on any atom is -0.491 e. The first-order chi connectivity index (χ1) is 11.9. The van der Waals surface area contributed by atoms with E-state index < -0.39 is 0 Å². The summed E-state index contributed by atoms with van der Waals surface area (Å²) in [6.07, 6.45) is 4.84. The molecule has 24 heavy (non-hydrogen) atoms. The van der Waals surface area contributed by atoms with Gasteiger partial charge in [-0.2, -0.15) is 5.10 Å². The summed E-state index contributed by atoms with van der Waals surface area (Å²) in [7, 11) is 0. The first-order valence-corrected chi connectivity index (χ1v) is 8.40. The summed E-state index contributed by atoms with van der Waals surface area (Å²) in [5.41, 5.74) is 3.41. The molecule has 1 unspecified atom stereocenters. The molecule has 0 bridgehead atoms. The van der Waals surface area contributed by atoms with Crippen molar-refractivity contribution >= 4 is 0 Å². The Kier molecular flexibility index (Phi) is 3.16. The largest absolute Gasteiger partial charge is 0.491 e. The molecule has 0 amide bonds. The zero-order valence-corrected chi connectivity index (χ0v) is 13.4. The number of hydrogen-bond acceptors (Lipinski definition) is 4. The molecule has 0 radical (unpaired) electrons. The lowest BCUT2D eigenvalue weighted by molar-refractivity contribution is 0.225. The van der Waals surface area contributed by atoms with Gasteiger partial charge in [0.25, 0.3) is 0 Å². The van der Waals surface area contributed by atoms with Crippen molar-refractivity contribution in [3.8, 4) is 17.3 Å². The number of rotatable bonds is 2. The van der Waals surface area contributed by atoms with Crippen LogP contribution in [0, 0.1) is 0 Å². The monoisotopic (exact) mass is 321 g/mol. The standard InChI is InChI=1S/C18H19N5O/c1-2-4-17-13(3-1)9-15(12-24-17)22-7-6-20-18(22)16-10-14-11-19-5-8-23(14)21-16/h1-4,6-7,10,15,19H,5,8-9,11-12H2. The molecule has 6 nitrogen and oxygen atoms in total. The van der Waals surface area contributed by atoms with Crippen LogP contribution in [-0.4, -0.2) is 32.5 Å². The highest BCUT2D eigenvalue weighted by molar-refractivity contribution is 5.51. The van der Waals surface area contributed by atoms with Crippen molar-refractivity contribution in [2.45, 2.75) is 25.6 Å². The molecule has 6 heteroatoms. The summed E-state index contributed by atoms with van der Waals surface area (Å²) in [5, 5.41) is 8.13. The Morgan fingerprint density at radius 3 is 3.17 bits per heavy atom. The van der Waals surface area contributed by atoms with Crippen molar-refractivity contribution in [1.82, 2.24) is 24.6 Å². The van der Waals surface area contributed by atoms with Gasteiger partial charge in [-0.3, -0.25) is 4.68 Å². The fourth-order valence-corrected chi connectivity index (χ4v) is 3.60.